The highest BCUT2D eigenvalue weighted by molar-refractivity contribution is 7.15. The van der Waals surface area contributed by atoms with Gasteiger partial charge in [0.2, 0.25) is 28.1 Å². The molecule has 3 aromatic rings. The zero-order valence-electron chi connectivity index (χ0n) is 27.0. The molecule has 2 aromatic carbocycles. The number of ether oxygens (including phenoxy) is 4. The Kier molecular flexibility index (Phi) is 10.4. The summed E-state index contributed by atoms with van der Waals surface area (Å²) in [6.07, 6.45) is 3.56. The van der Waals surface area contributed by atoms with Crippen molar-refractivity contribution in [1.29, 1.82) is 0 Å². The highest BCUT2D eigenvalue weighted by Crippen LogP contribution is 2.50. The molecule has 246 valence electrons. The van der Waals surface area contributed by atoms with Gasteiger partial charge in [-0.25, -0.2) is 0 Å². The second-order valence-corrected chi connectivity index (χ2v) is 12.5. The first-order chi connectivity index (χ1) is 22.2. The topological polar surface area (TPSA) is 150 Å². The third-order valence-corrected chi connectivity index (χ3v) is 9.53. The molecule has 4 atom stereocenters. The summed E-state index contributed by atoms with van der Waals surface area (Å²) in [5.41, 5.74) is 2.93. The zero-order valence-corrected chi connectivity index (χ0v) is 27.8. The molecule has 13 heteroatoms. The largest absolute Gasteiger partial charge is 0.493 e. The Labute approximate surface area is 272 Å². The van der Waals surface area contributed by atoms with E-state index in [2.05, 4.69) is 26.1 Å². The number of amides is 2. The van der Waals surface area contributed by atoms with Gasteiger partial charge in [0.25, 0.3) is 0 Å². The van der Waals surface area contributed by atoms with Crippen LogP contribution in [0.3, 0.4) is 0 Å². The molecule has 1 saturated heterocycles. The van der Waals surface area contributed by atoms with Crippen LogP contribution in [-0.4, -0.2) is 56.0 Å². The Balaban J connectivity index is 1.55. The second-order valence-electron chi connectivity index (χ2n) is 11.5. The fourth-order valence-corrected chi connectivity index (χ4v) is 6.90. The number of nitrogens with one attached hydrogen (secondary N) is 3. The van der Waals surface area contributed by atoms with Gasteiger partial charge in [0.05, 0.1) is 33.1 Å². The van der Waals surface area contributed by atoms with Gasteiger partial charge in [-0.05, 0) is 66.5 Å². The number of aromatic nitrogens is 2. The van der Waals surface area contributed by atoms with Crippen LogP contribution in [0.2, 0.25) is 0 Å². The normalized spacial score (nSPS) is 18.3. The van der Waals surface area contributed by atoms with Crippen molar-refractivity contribution < 1.29 is 28.5 Å². The van der Waals surface area contributed by atoms with Crippen LogP contribution < -0.4 is 35.6 Å². The fraction of sp³-hybridized carbons (Fsp3) is 0.485. The highest BCUT2D eigenvalue weighted by atomic mass is 32.1. The molecule has 46 heavy (non-hydrogen) atoms. The van der Waals surface area contributed by atoms with Gasteiger partial charge in [-0.3, -0.25) is 19.7 Å². The van der Waals surface area contributed by atoms with E-state index in [0.29, 0.717) is 59.4 Å². The molecule has 3 N–H and O–H groups in total. The van der Waals surface area contributed by atoms with Gasteiger partial charge in [0, 0.05) is 19.1 Å². The SMILES string of the molecule is CC[C@@H](C)[C@H](Nc1ccc2c(cc1=O)[C@@H](NC(C)=O)CCc1cc(OC)c(OC)c(OC)c1-2)C(=O)Nc1nnc([C@@H]2CCCO2)s1. The number of hydrogen-bond donors (Lipinski definition) is 3. The molecular weight excluding hydrogens is 610 g/mol. The maximum Gasteiger partial charge on any atom is 0.248 e. The monoisotopic (exact) mass is 651 g/mol. The van der Waals surface area contributed by atoms with Gasteiger partial charge >= 0.3 is 0 Å². The van der Waals surface area contributed by atoms with Gasteiger partial charge < -0.3 is 29.6 Å². The molecule has 0 bridgehead atoms. The lowest BCUT2D eigenvalue weighted by Gasteiger charge is -2.23. The smallest absolute Gasteiger partial charge is 0.248 e. The number of hydrogen-bond acceptors (Lipinski definition) is 11. The Bertz CT molecular complexity index is 1660. The van der Waals surface area contributed by atoms with Crippen molar-refractivity contribution in [2.45, 2.75) is 71.1 Å². The van der Waals surface area contributed by atoms with Crippen LogP contribution in [0.25, 0.3) is 11.1 Å². The molecule has 2 aliphatic rings. The van der Waals surface area contributed by atoms with Gasteiger partial charge in [-0.15, -0.1) is 10.2 Å². The van der Waals surface area contributed by atoms with Crippen LogP contribution in [0.4, 0.5) is 10.8 Å². The average Bonchev–Trinajstić information content (AvgIpc) is 3.69. The lowest BCUT2D eigenvalue weighted by molar-refractivity contribution is -0.120. The van der Waals surface area contributed by atoms with E-state index >= 15 is 0 Å². The van der Waals surface area contributed by atoms with Crippen molar-refractivity contribution in [2.75, 3.05) is 38.6 Å². The molecule has 0 spiro atoms. The van der Waals surface area contributed by atoms with Gasteiger partial charge in [0.1, 0.15) is 17.2 Å². The maximum atomic E-state index is 13.9. The van der Waals surface area contributed by atoms with Crippen molar-refractivity contribution >= 4 is 34.0 Å². The first kappa shape index (κ1) is 33.1. The summed E-state index contributed by atoms with van der Waals surface area (Å²) in [6.45, 7) is 6.08. The number of aryl methyl sites for hydroxylation is 1. The number of rotatable bonds is 11. The van der Waals surface area contributed by atoms with Gasteiger partial charge in [0.15, 0.2) is 11.5 Å². The predicted octanol–water partition coefficient (Wildman–Crippen LogP) is 5.03. The molecule has 2 heterocycles. The van der Waals surface area contributed by atoms with E-state index in [1.54, 1.807) is 27.4 Å². The summed E-state index contributed by atoms with van der Waals surface area (Å²) >= 11 is 1.30. The summed E-state index contributed by atoms with van der Waals surface area (Å²) in [6, 6.07) is 5.76. The average molecular weight is 652 g/mol. The molecule has 1 aliphatic carbocycles. The molecule has 0 radical (unpaired) electrons. The van der Waals surface area contributed by atoms with Crippen LogP contribution >= 0.6 is 11.3 Å². The lowest BCUT2D eigenvalue weighted by atomic mass is 9.95. The molecule has 0 unspecified atom stereocenters. The minimum Gasteiger partial charge on any atom is -0.493 e. The number of nitrogens with zero attached hydrogens (tertiary/aromatic N) is 2. The van der Waals surface area contributed by atoms with Crippen molar-refractivity contribution in [3.63, 3.8) is 0 Å². The molecule has 1 aromatic heterocycles. The molecule has 5 rings (SSSR count). The summed E-state index contributed by atoms with van der Waals surface area (Å²) < 4.78 is 22.9. The third kappa shape index (κ3) is 6.80. The number of carbonyl (C=O) groups excluding carboxylic acids is 2. The summed E-state index contributed by atoms with van der Waals surface area (Å²) in [5.74, 6) is 0.744. The summed E-state index contributed by atoms with van der Waals surface area (Å²) in [4.78, 5) is 39.8. The van der Waals surface area contributed by atoms with E-state index in [0.717, 1.165) is 29.0 Å². The number of benzene rings is 1. The van der Waals surface area contributed by atoms with Crippen LogP contribution in [0, 0.1) is 5.92 Å². The Morgan fingerprint density at radius 3 is 2.52 bits per heavy atom. The second kappa shape index (κ2) is 14.5. The molecule has 1 aliphatic heterocycles. The van der Waals surface area contributed by atoms with E-state index in [4.69, 9.17) is 18.9 Å². The quantitative estimate of drug-likeness (QED) is 0.258. The first-order valence-electron chi connectivity index (χ1n) is 15.5. The minimum absolute atomic E-state index is 0.0969. The van der Waals surface area contributed by atoms with Crippen LogP contribution in [0.1, 0.15) is 74.7 Å². The fourth-order valence-electron chi connectivity index (χ4n) is 6.07. The van der Waals surface area contributed by atoms with E-state index in [9.17, 15) is 14.4 Å². The molecule has 2 amide bonds. The van der Waals surface area contributed by atoms with Gasteiger partial charge in [-0.2, -0.15) is 0 Å². The standard InChI is InChI=1S/C33H41N5O7S/c1-7-17(2)28(31(41)36-33-38-37-32(46-33)25-9-8-14-45-25)35-23-13-11-20-21(16-24(23)40)22(34-18(3)39)12-10-19-15-26(42-4)29(43-5)30(44-6)27(19)20/h11,13,15-17,22,25,28H,7-10,12,14H2,1-6H3,(H,34,39)(H,35,40)(H,36,38,41)/t17-,22+,25+,28+/m1/s1. The molecule has 1 fully saturated rings. The Hall–Kier alpha value is -4.23. The number of fused-ring (bicyclic) bond motifs is 3. The van der Waals surface area contributed by atoms with Crippen LogP contribution in [0.5, 0.6) is 17.2 Å². The predicted molar refractivity (Wildman–Crippen MR) is 176 cm³/mol. The third-order valence-electron chi connectivity index (χ3n) is 8.60. The Morgan fingerprint density at radius 2 is 1.87 bits per heavy atom. The van der Waals surface area contributed by atoms with Crippen molar-refractivity contribution in [1.82, 2.24) is 15.5 Å². The maximum absolute atomic E-state index is 13.9. The van der Waals surface area contributed by atoms with E-state index in [1.165, 1.54) is 24.3 Å². The van der Waals surface area contributed by atoms with Gasteiger partial charge in [-0.1, -0.05) is 37.7 Å². The zero-order chi connectivity index (χ0) is 33.0. The van der Waals surface area contributed by atoms with E-state index < -0.39 is 12.1 Å². The summed E-state index contributed by atoms with van der Waals surface area (Å²) in [7, 11) is 4.66. The lowest BCUT2D eigenvalue weighted by Crippen LogP contribution is -2.40. The van der Waals surface area contributed by atoms with Crippen LogP contribution in [-0.2, 0) is 20.7 Å². The minimum atomic E-state index is -0.743. The van der Waals surface area contributed by atoms with E-state index in [-0.39, 0.29) is 35.0 Å². The number of anilines is 2. The van der Waals surface area contributed by atoms with Crippen molar-refractivity contribution in [2.24, 2.45) is 5.92 Å². The van der Waals surface area contributed by atoms with Crippen LogP contribution in [0.15, 0.2) is 29.1 Å². The molecular formula is C33H41N5O7S. The number of carbonyl (C=O) groups is 2. The van der Waals surface area contributed by atoms with E-state index in [1.807, 2.05) is 26.0 Å². The van der Waals surface area contributed by atoms with Crippen molar-refractivity contribution in [3.05, 3.63) is 50.6 Å². The molecule has 0 saturated carbocycles. The molecule has 12 nitrogen and oxygen atoms in total. The highest BCUT2D eigenvalue weighted by Gasteiger charge is 2.31. The van der Waals surface area contributed by atoms with Crippen molar-refractivity contribution in [3.8, 4) is 28.4 Å². The first-order valence-corrected chi connectivity index (χ1v) is 16.3. The summed E-state index contributed by atoms with van der Waals surface area (Å²) in [5, 5.41) is 18.6. The number of methoxy groups -OCH3 is 3. The Morgan fingerprint density at radius 1 is 1.09 bits per heavy atom.